The highest BCUT2D eigenvalue weighted by atomic mass is 32.2. The molecule has 3 rings (SSSR count). The lowest BCUT2D eigenvalue weighted by molar-refractivity contribution is -0.133. The van der Waals surface area contributed by atoms with Crippen molar-refractivity contribution in [3.05, 3.63) is 24.3 Å². The van der Waals surface area contributed by atoms with Gasteiger partial charge in [0.05, 0.1) is 0 Å². The number of nitrogens with zero attached hydrogens (tertiary/aromatic N) is 1. The summed E-state index contributed by atoms with van der Waals surface area (Å²) in [5.74, 6) is 0.338. The Kier molecular flexibility index (Phi) is 5.64. The summed E-state index contributed by atoms with van der Waals surface area (Å²) in [5, 5.41) is 5.45. The number of alkyl halides is 3. The molecule has 1 aromatic rings. The Morgan fingerprint density at radius 1 is 1.12 bits per heavy atom. The molecular weight excluding hydrogens is 367 g/mol. The molecule has 9 heteroatoms. The maximum Gasteiger partial charge on any atom is 0.446 e. The van der Waals surface area contributed by atoms with Gasteiger partial charge in [-0.15, -0.1) is 0 Å². The smallest absolute Gasteiger partial charge is 0.340 e. The molecule has 5 nitrogen and oxygen atoms in total. The van der Waals surface area contributed by atoms with E-state index in [0.717, 1.165) is 32.2 Å². The van der Waals surface area contributed by atoms with Crippen molar-refractivity contribution in [1.82, 2.24) is 10.2 Å². The third kappa shape index (κ3) is 5.55. The molecule has 1 aromatic carbocycles. The van der Waals surface area contributed by atoms with Gasteiger partial charge in [0.2, 0.25) is 5.91 Å². The zero-order valence-electron chi connectivity index (χ0n) is 14.0. The van der Waals surface area contributed by atoms with Gasteiger partial charge >= 0.3 is 11.5 Å². The summed E-state index contributed by atoms with van der Waals surface area (Å²) >= 11 is -0.199. The van der Waals surface area contributed by atoms with Crippen LogP contribution in [0.3, 0.4) is 0 Å². The highest BCUT2D eigenvalue weighted by molar-refractivity contribution is 8.00. The Hall–Kier alpha value is -1.90. The Morgan fingerprint density at radius 2 is 1.81 bits per heavy atom. The lowest BCUT2D eigenvalue weighted by Crippen LogP contribution is -2.50. The van der Waals surface area contributed by atoms with Gasteiger partial charge in [0.15, 0.2) is 0 Å². The van der Waals surface area contributed by atoms with Crippen molar-refractivity contribution in [2.75, 3.05) is 18.4 Å². The molecule has 1 unspecified atom stereocenters. The maximum atomic E-state index is 12.3. The van der Waals surface area contributed by atoms with E-state index >= 15 is 0 Å². The molecule has 1 saturated heterocycles. The van der Waals surface area contributed by atoms with Crippen molar-refractivity contribution in [2.45, 2.75) is 42.1 Å². The molecule has 0 aromatic heterocycles. The molecule has 2 fully saturated rings. The summed E-state index contributed by atoms with van der Waals surface area (Å²) in [5.41, 5.74) is -3.92. The van der Waals surface area contributed by atoms with Crippen LogP contribution in [0.5, 0.6) is 0 Å². The number of piperidine rings is 1. The van der Waals surface area contributed by atoms with Gasteiger partial charge < -0.3 is 15.5 Å². The summed E-state index contributed by atoms with van der Waals surface area (Å²) in [7, 11) is 0. The van der Waals surface area contributed by atoms with Crippen molar-refractivity contribution in [3.63, 3.8) is 0 Å². The number of carbonyl (C=O) groups excluding carboxylic acids is 2. The molecule has 1 saturated carbocycles. The van der Waals surface area contributed by atoms with E-state index in [1.165, 1.54) is 24.3 Å². The minimum absolute atomic E-state index is 0.0602. The number of hydrogen-bond donors (Lipinski definition) is 2. The van der Waals surface area contributed by atoms with Crippen LogP contribution in [0.4, 0.5) is 23.7 Å². The SMILES string of the molecule is O=C(Nc1ccc(SC(F)(F)F)cc1)NC1CCCN(C(=O)C2CC2)C1. The summed E-state index contributed by atoms with van der Waals surface area (Å²) in [6, 6.07) is 4.93. The first-order chi connectivity index (χ1) is 12.3. The molecule has 3 amide bonds. The van der Waals surface area contributed by atoms with Crippen LogP contribution in [0.25, 0.3) is 0 Å². The number of thioether (sulfide) groups is 1. The fourth-order valence-electron chi connectivity index (χ4n) is 2.98. The van der Waals surface area contributed by atoms with Gasteiger partial charge in [-0.05, 0) is 61.7 Å². The number of benzene rings is 1. The van der Waals surface area contributed by atoms with Crippen LogP contribution in [-0.2, 0) is 4.79 Å². The van der Waals surface area contributed by atoms with Crippen LogP contribution in [0, 0.1) is 5.92 Å². The fraction of sp³-hybridized carbons (Fsp3) is 0.529. The summed E-state index contributed by atoms with van der Waals surface area (Å²) in [6.07, 6.45) is 3.54. The van der Waals surface area contributed by atoms with Crippen molar-refractivity contribution in [2.24, 2.45) is 5.92 Å². The van der Waals surface area contributed by atoms with Gasteiger partial charge in [-0.1, -0.05) is 0 Å². The zero-order chi connectivity index (χ0) is 18.7. The van der Waals surface area contributed by atoms with E-state index in [-0.39, 0.29) is 34.5 Å². The van der Waals surface area contributed by atoms with Crippen molar-refractivity contribution < 1.29 is 22.8 Å². The standard InChI is InChI=1S/C17H20F3N3O2S/c18-17(19,20)26-14-7-5-12(6-8-14)21-16(25)22-13-2-1-9-23(10-13)15(24)11-3-4-11/h5-8,11,13H,1-4,9-10H2,(H2,21,22,25). The Morgan fingerprint density at radius 3 is 2.42 bits per heavy atom. The van der Waals surface area contributed by atoms with E-state index < -0.39 is 11.5 Å². The second-order valence-electron chi connectivity index (χ2n) is 6.57. The van der Waals surface area contributed by atoms with Crippen LogP contribution in [-0.4, -0.2) is 41.5 Å². The first-order valence-electron chi connectivity index (χ1n) is 8.52. The maximum absolute atomic E-state index is 12.3. The minimum Gasteiger partial charge on any atom is -0.340 e. The molecule has 26 heavy (non-hydrogen) atoms. The lowest BCUT2D eigenvalue weighted by atomic mass is 10.1. The van der Waals surface area contributed by atoms with Gasteiger partial charge in [-0.2, -0.15) is 13.2 Å². The fourth-order valence-corrected chi connectivity index (χ4v) is 3.52. The van der Waals surface area contributed by atoms with E-state index in [4.69, 9.17) is 0 Å². The van der Waals surface area contributed by atoms with Gasteiger partial charge in [0, 0.05) is 35.6 Å². The second-order valence-corrected chi connectivity index (χ2v) is 7.71. The first-order valence-corrected chi connectivity index (χ1v) is 9.34. The van der Waals surface area contributed by atoms with Crippen LogP contribution < -0.4 is 10.6 Å². The van der Waals surface area contributed by atoms with Gasteiger partial charge in [0.1, 0.15) is 0 Å². The number of likely N-dealkylation sites (tertiary alicyclic amines) is 1. The molecular formula is C17H20F3N3O2S. The highest BCUT2D eigenvalue weighted by Gasteiger charge is 2.35. The summed E-state index contributed by atoms with van der Waals surface area (Å²) in [6.45, 7) is 1.23. The third-order valence-corrected chi connectivity index (χ3v) is 5.08. The quantitative estimate of drug-likeness (QED) is 0.772. The van der Waals surface area contributed by atoms with Crippen molar-refractivity contribution in [3.8, 4) is 0 Å². The minimum atomic E-state index is -4.34. The molecule has 1 heterocycles. The predicted octanol–water partition coefficient (Wildman–Crippen LogP) is 3.82. The van der Waals surface area contributed by atoms with Crippen molar-refractivity contribution >= 4 is 29.4 Å². The molecule has 2 N–H and O–H groups in total. The van der Waals surface area contributed by atoms with Crippen LogP contribution in [0.15, 0.2) is 29.2 Å². The Bertz CT molecular complexity index is 662. The summed E-state index contributed by atoms with van der Waals surface area (Å²) in [4.78, 5) is 26.1. The predicted molar refractivity (Wildman–Crippen MR) is 92.8 cm³/mol. The van der Waals surface area contributed by atoms with Crippen LogP contribution in [0.2, 0.25) is 0 Å². The van der Waals surface area contributed by atoms with E-state index in [2.05, 4.69) is 10.6 Å². The number of halogens is 3. The largest absolute Gasteiger partial charge is 0.446 e. The molecule has 1 aliphatic heterocycles. The number of nitrogens with one attached hydrogen (secondary N) is 2. The van der Waals surface area contributed by atoms with Gasteiger partial charge in [0.25, 0.3) is 0 Å². The second kappa shape index (κ2) is 7.77. The molecule has 0 bridgehead atoms. The van der Waals surface area contributed by atoms with E-state index in [9.17, 15) is 22.8 Å². The van der Waals surface area contributed by atoms with Crippen molar-refractivity contribution in [1.29, 1.82) is 0 Å². The molecule has 2 aliphatic rings. The van der Waals surface area contributed by atoms with Gasteiger partial charge in [-0.25, -0.2) is 4.79 Å². The normalized spacial score (nSPS) is 20.6. The van der Waals surface area contributed by atoms with Crippen LogP contribution in [0.1, 0.15) is 25.7 Å². The average Bonchev–Trinajstić information content (AvgIpc) is 3.40. The average molecular weight is 387 g/mol. The number of hydrogen-bond acceptors (Lipinski definition) is 3. The number of urea groups is 1. The zero-order valence-corrected chi connectivity index (χ0v) is 14.8. The van der Waals surface area contributed by atoms with E-state index in [1.807, 2.05) is 4.90 Å². The Balaban J connectivity index is 1.48. The highest BCUT2D eigenvalue weighted by Crippen LogP contribution is 2.37. The molecule has 1 atom stereocenters. The topological polar surface area (TPSA) is 61.4 Å². The molecule has 1 aliphatic carbocycles. The number of anilines is 1. The monoisotopic (exact) mass is 387 g/mol. The first kappa shape index (κ1) is 18.9. The number of rotatable bonds is 4. The lowest BCUT2D eigenvalue weighted by Gasteiger charge is -2.33. The molecule has 142 valence electrons. The molecule has 0 spiro atoms. The third-order valence-electron chi connectivity index (χ3n) is 4.34. The Labute approximate surface area is 153 Å². The molecule has 0 radical (unpaired) electrons. The van der Waals surface area contributed by atoms with Gasteiger partial charge in [-0.3, -0.25) is 4.79 Å². The summed E-state index contributed by atoms with van der Waals surface area (Å²) < 4.78 is 36.9. The van der Waals surface area contributed by atoms with E-state index in [0.29, 0.717) is 12.2 Å². The number of amides is 3. The van der Waals surface area contributed by atoms with Crippen LogP contribution >= 0.6 is 11.8 Å². The van der Waals surface area contributed by atoms with E-state index in [1.54, 1.807) is 0 Å². The number of carbonyl (C=O) groups is 2.